The molecule has 1 aliphatic carbocycles. The zero-order chi connectivity index (χ0) is 17.5. The van der Waals surface area contributed by atoms with Gasteiger partial charge in [-0.1, -0.05) is 48.5 Å². The Morgan fingerprint density at radius 1 is 1.04 bits per heavy atom. The molecule has 2 aromatic carbocycles. The lowest BCUT2D eigenvalue weighted by Crippen LogP contribution is -2.46. The second kappa shape index (κ2) is 8.82. The van der Waals surface area contributed by atoms with Gasteiger partial charge in [-0.2, -0.15) is 0 Å². The van der Waals surface area contributed by atoms with Crippen molar-refractivity contribution in [3.63, 3.8) is 0 Å². The fourth-order valence-corrected chi connectivity index (χ4v) is 3.80. The maximum atomic E-state index is 12.9. The Morgan fingerprint density at radius 2 is 1.72 bits per heavy atom. The first-order valence-corrected chi connectivity index (χ1v) is 9.41. The summed E-state index contributed by atoms with van der Waals surface area (Å²) in [5, 5.41) is 3.69. The highest BCUT2D eigenvalue weighted by atomic mass is 16.2. The molecule has 0 spiro atoms. The van der Waals surface area contributed by atoms with E-state index in [0.717, 1.165) is 31.5 Å². The quantitative estimate of drug-likeness (QED) is 0.855. The average molecular weight is 336 g/mol. The van der Waals surface area contributed by atoms with Gasteiger partial charge in [0.15, 0.2) is 0 Å². The maximum absolute atomic E-state index is 12.9. The minimum Gasteiger partial charge on any atom is -0.336 e. The fourth-order valence-electron chi connectivity index (χ4n) is 3.80. The molecular weight excluding hydrogens is 308 g/mol. The van der Waals surface area contributed by atoms with Crippen molar-refractivity contribution in [2.75, 3.05) is 6.54 Å². The van der Waals surface area contributed by atoms with E-state index in [1.807, 2.05) is 30.3 Å². The molecule has 3 rings (SSSR count). The van der Waals surface area contributed by atoms with Crippen LogP contribution in [0.2, 0.25) is 0 Å². The van der Waals surface area contributed by atoms with Gasteiger partial charge in [-0.3, -0.25) is 4.79 Å². The molecule has 3 heteroatoms. The first-order chi connectivity index (χ1) is 12.3. The highest BCUT2D eigenvalue weighted by Crippen LogP contribution is 2.25. The van der Waals surface area contributed by atoms with E-state index in [0.29, 0.717) is 12.1 Å². The number of nitrogens with zero attached hydrogens (tertiary/aromatic N) is 1. The molecule has 0 saturated heterocycles. The van der Waals surface area contributed by atoms with Gasteiger partial charge >= 0.3 is 0 Å². The number of hydrogen-bond donors (Lipinski definition) is 1. The predicted octanol–water partition coefficient (Wildman–Crippen LogP) is 4.25. The summed E-state index contributed by atoms with van der Waals surface area (Å²) in [6, 6.07) is 21.0. The molecular formula is C22H28N2O. The summed E-state index contributed by atoms with van der Waals surface area (Å²) in [6.45, 7) is 3.75. The van der Waals surface area contributed by atoms with Crippen molar-refractivity contribution in [1.29, 1.82) is 0 Å². The molecule has 1 saturated carbocycles. The van der Waals surface area contributed by atoms with E-state index in [-0.39, 0.29) is 5.91 Å². The normalized spacial score (nSPS) is 20.2. The zero-order valence-corrected chi connectivity index (χ0v) is 15.0. The number of benzene rings is 2. The van der Waals surface area contributed by atoms with Gasteiger partial charge in [-0.05, 0) is 50.3 Å². The van der Waals surface area contributed by atoms with Crippen molar-refractivity contribution in [1.82, 2.24) is 10.2 Å². The Balaban J connectivity index is 1.60. The third-order valence-electron chi connectivity index (χ3n) is 5.15. The van der Waals surface area contributed by atoms with Gasteiger partial charge in [0.25, 0.3) is 5.91 Å². The van der Waals surface area contributed by atoms with Crippen molar-refractivity contribution in [2.45, 2.75) is 51.2 Å². The standard InChI is InChI=1S/C22H28N2O/c1-2-24(22(25)19-12-7-4-8-13-19)21-15-9-14-20(16-21)23-17-18-10-5-3-6-11-18/h3-8,10-13,20-21,23H,2,9,14-17H2,1H3/t20-,21+/m1/s1. The summed E-state index contributed by atoms with van der Waals surface area (Å²) in [5.41, 5.74) is 2.11. The summed E-state index contributed by atoms with van der Waals surface area (Å²) in [6.07, 6.45) is 4.52. The number of nitrogens with one attached hydrogen (secondary N) is 1. The second-order valence-electron chi connectivity index (χ2n) is 6.84. The Kier molecular flexibility index (Phi) is 6.24. The number of amides is 1. The molecule has 0 radical (unpaired) electrons. The smallest absolute Gasteiger partial charge is 0.254 e. The van der Waals surface area contributed by atoms with Crippen LogP contribution in [0, 0.1) is 0 Å². The molecule has 1 aliphatic rings. The molecule has 2 aromatic rings. The molecule has 1 amide bonds. The molecule has 3 nitrogen and oxygen atoms in total. The predicted molar refractivity (Wildman–Crippen MR) is 102 cm³/mol. The van der Waals surface area contributed by atoms with Gasteiger partial charge in [0, 0.05) is 30.7 Å². The SMILES string of the molecule is CCN(C(=O)c1ccccc1)[C@H]1CCC[C@@H](NCc2ccccc2)C1. The number of carbonyl (C=O) groups excluding carboxylic acids is 1. The molecule has 0 bridgehead atoms. The van der Waals surface area contributed by atoms with Crippen molar-refractivity contribution in [2.24, 2.45) is 0 Å². The molecule has 0 heterocycles. The van der Waals surface area contributed by atoms with Crippen LogP contribution in [0.25, 0.3) is 0 Å². The third-order valence-corrected chi connectivity index (χ3v) is 5.15. The molecule has 25 heavy (non-hydrogen) atoms. The molecule has 0 aromatic heterocycles. The van der Waals surface area contributed by atoms with Crippen molar-refractivity contribution >= 4 is 5.91 Å². The zero-order valence-electron chi connectivity index (χ0n) is 15.0. The fraction of sp³-hybridized carbons (Fsp3) is 0.409. The van der Waals surface area contributed by atoms with Crippen LogP contribution >= 0.6 is 0 Å². The maximum Gasteiger partial charge on any atom is 0.254 e. The van der Waals surface area contributed by atoms with Crippen LogP contribution in [0.3, 0.4) is 0 Å². The van der Waals surface area contributed by atoms with Gasteiger partial charge in [0.05, 0.1) is 0 Å². The molecule has 0 aliphatic heterocycles. The van der Waals surface area contributed by atoms with Gasteiger partial charge in [-0.15, -0.1) is 0 Å². The van der Waals surface area contributed by atoms with Crippen molar-refractivity contribution < 1.29 is 4.79 Å². The largest absolute Gasteiger partial charge is 0.336 e. The highest BCUT2D eigenvalue weighted by Gasteiger charge is 2.29. The van der Waals surface area contributed by atoms with Crippen LogP contribution in [0.5, 0.6) is 0 Å². The number of hydrogen-bond acceptors (Lipinski definition) is 2. The van der Waals surface area contributed by atoms with Crippen LogP contribution in [-0.4, -0.2) is 29.4 Å². The van der Waals surface area contributed by atoms with E-state index >= 15 is 0 Å². The summed E-state index contributed by atoms with van der Waals surface area (Å²) in [5.74, 6) is 0.164. The molecule has 1 fully saturated rings. The highest BCUT2D eigenvalue weighted by molar-refractivity contribution is 5.94. The Labute approximate surface area is 151 Å². The van der Waals surface area contributed by atoms with Gasteiger partial charge < -0.3 is 10.2 Å². The van der Waals surface area contributed by atoms with Crippen LogP contribution < -0.4 is 5.32 Å². The summed E-state index contributed by atoms with van der Waals surface area (Å²) >= 11 is 0. The van der Waals surface area contributed by atoms with Crippen LogP contribution in [0.1, 0.15) is 48.5 Å². The first-order valence-electron chi connectivity index (χ1n) is 9.41. The Morgan fingerprint density at radius 3 is 2.40 bits per heavy atom. The third kappa shape index (κ3) is 4.70. The average Bonchev–Trinajstić information content (AvgIpc) is 2.69. The molecule has 0 unspecified atom stereocenters. The topological polar surface area (TPSA) is 32.3 Å². The summed E-state index contributed by atoms with van der Waals surface area (Å²) < 4.78 is 0. The molecule has 132 valence electrons. The van der Waals surface area contributed by atoms with Gasteiger partial charge in [0.2, 0.25) is 0 Å². The number of rotatable bonds is 6. The van der Waals surface area contributed by atoms with Gasteiger partial charge in [-0.25, -0.2) is 0 Å². The lowest BCUT2D eigenvalue weighted by Gasteiger charge is -2.37. The summed E-state index contributed by atoms with van der Waals surface area (Å²) in [7, 11) is 0. The van der Waals surface area contributed by atoms with E-state index in [2.05, 4.69) is 47.5 Å². The summed E-state index contributed by atoms with van der Waals surface area (Å²) in [4.78, 5) is 14.9. The van der Waals surface area contributed by atoms with Crippen molar-refractivity contribution in [3.8, 4) is 0 Å². The van der Waals surface area contributed by atoms with Crippen LogP contribution in [0.15, 0.2) is 60.7 Å². The lowest BCUT2D eigenvalue weighted by molar-refractivity contribution is 0.0628. The second-order valence-corrected chi connectivity index (χ2v) is 6.84. The van der Waals surface area contributed by atoms with E-state index < -0.39 is 0 Å². The number of carbonyl (C=O) groups is 1. The van der Waals surface area contributed by atoms with Gasteiger partial charge in [0.1, 0.15) is 0 Å². The van der Waals surface area contributed by atoms with E-state index in [1.54, 1.807) is 0 Å². The van der Waals surface area contributed by atoms with E-state index in [4.69, 9.17) is 0 Å². The minimum absolute atomic E-state index is 0.164. The Bertz CT molecular complexity index is 656. The molecule has 1 N–H and O–H groups in total. The van der Waals surface area contributed by atoms with Crippen LogP contribution in [0.4, 0.5) is 0 Å². The molecule has 2 atom stereocenters. The van der Waals surface area contributed by atoms with Crippen molar-refractivity contribution in [3.05, 3.63) is 71.8 Å². The minimum atomic E-state index is 0.164. The van der Waals surface area contributed by atoms with E-state index in [1.165, 1.54) is 18.4 Å². The van der Waals surface area contributed by atoms with E-state index in [9.17, 15) is 4.79 Å². The Hall–Kier alpha value is -2.13. The first kappa shape index (κ1) is 17.7. The lowest BCUT2D eigenvalue weighted by atomic mass is 9.89. The van der Waals surface area contributed by atoms with Crippen LogP contribution in [-0.2, 0) is 6.54 Å². The monoisotopic (exact) mass is 336 g/mol.